The maximum atomic E-state index is 10.6. The number of hydrogen-bond donors (Lipinski definition) is 3. The third-order valence-corrected chi connectivity index (χ3v) is 2.30. The lowest BCUT2D eigenvalue weighted by Crippen LogP contribution is -2.34. The van der Waals surface area contributed by atoms with Crippen LogP contribution in [0.5, 0.6) is 0 Å². The SMILES string of the molecule is NC(=O)C(O)CNc1nc2ccc(Cl)cn2n1. The van der Waals surface area contributed by atoms with Gasteiger partial charge in [-0.05, 0) is 12.1 Å². The standard InChI is InChI=1S/C9H10ClN5O2/c10-5-1-2-7-13-9(14-15(7)4-5)12-3-6(16)8(11)17/h1-2,4,6,16H,3H2,(H2,11,17)(H,12,14). The first-order chi connectivity index (χ1) is 8.06. The molecule has 4 N–H and O–H groups in total. The summed E-state index contributed by atoms with van der Waals surface area (Å²) in [6.07, 6.45) is 0.324. The fourth-order valence-corrected chi connectivity index (χ4v) is 1.38. The van der Waals surface area contributed by atoms with Crippen molar-refractivity contribution in [3.05, 3.63) is 23.4 Å². The van der Waals surface area contributed by atoms with Crippen LogP contribution < -0.4 is 11.1 Å². The smallest absolute Gasteiger partial charge is 0.248 e. The van der Waals surface area contributed by atoms with Gasteiger partial charge in [0.2, 0.25) is 11.9 Å². The van der Waals surface area contributed by atoms with Crippen LogP contribution in [0.1, 0.15) is 0 Å². The highest BCUT2D eigenvalue weighted by Crippen LogP contribution is 2.11. The Hall–Kier alpha value is -1.86. The number of pyridine rings is 1. The monoisotopic (exact) mass is 255 g/mol. The van der Waals surface area contributed by atoms with E-state index in [1.165, 1.54) is 4.52 Å². The molecule has 2 rings (SSSR count). The third-order valence-electron chi connectivity index (χ3n) is 2.08. The van der Waals surface area contributed by atoms with Crippen molar-refractivity contribution in [2.24, 2.45) is 5.73 Å². The number of fused-ring (bicyclic) bond motifs is 1. The number of aliphatic hydroxyl groups is 1. The number of nitrogens with two attached hydrogens (primary N) is 1. The van der Waals surface area contributed by atoms with Gasteiger partial charge in [-0.1, -0.05) is 11.6 Å². The molecule has 0 aliphatic heterocycles. The number of nitrogens with one attached hydrogen (secondary N) is 1. The Morgan fingerprint density at radius 3 is 3.12 bits per heavy atom. The highest BCUT2D eigenvalue weighted by molar-refractivity contribution is 6.30. The van der Waals surface area contributed by atoms with Crippen molar-refractivity contribution in [3.8, 4) is 0 Å². The molecule has 1 unspecified atom stereocenters. The van der Waals surface area contributed by atoms with Gasteiger partial charge in [0, 0.05) is 6.20 Å². The third kappa shape index (κ3) is 2.63. The van der Waals surface area contributed by atoms with E-state index >= 15 is 0 Å². The summed E-state index contributed by atoms with van der Waals surface area (Å²) in [4.78, 5) is 14.7. The molecule has 7 nitrogen and oxygen atoms in total. The molecule has 0 spiro atoms. The van der Waals surface area contributed by atoms with Crippen molar-refractivity contribution >= 4 is 29.1 Å². The number of hydrogen-bond acceptors (Lipinski definition) is 5. The summed E-state index contributed by atoms with van der Waals surface area (Å²) >= 11 is 5.79. The lowest BCUT2D eigenvalue weighted by molar-refractivity contribution is -0.125. The molecule has 0 fully saturated rings. The molecule has 2 aromatic heterocycles. The summed E-state index contributed by atoms with van der Waals surface area (Å²) in [5.74, 6) is -0.517. The number of rotatable bonds is 4. The van der Waals surface area contributed by atoms with Crippen LogP contribution in [0.15, 0.2) is 18.3 Å². The zero-order valence-electron chi connectivity index (χ0n) is 8.67. The molecule has 8 heteroatoms. The largest absolute Gasteiger partial charge is 0.381 e. The summed E-state index contributed by atoms with van der Waals surface area (Å²) in [5, 5.41) is 16.5. The van der Waals surface area contributed by atoms with E-state index in [0.29, 0.717) is 10.7 Å². The minimum absolute atomic E-state index is 0.0417. The highest BCUT2D eigenvalue weighted by atomic mass is 35.5. The molecule has 0 radical (unpaired) electrons. The zero-order chi connectivity index (χ0) is 12.4. The van der Waals surface area contributed by atoms with Crippen LogP contribution in [-0.4, -0.2) is 38.3 Å². The van der Waals surface area contributed by atoms with Crippen molar-refractivity contribution in [1.29, 1.82) is 0 Å². The predicted molar refractivity (Wildman–Crippen MR) is 61.7 cm³/mol. The summed E-state index contributed by atoms with van der Waals surface area (Å²) < 4.78 is 1.49. The second kappa shape index (κ2) is 4.56. The van der Waals surface area contributed by atoms with Crippen molar-refractivity contribution in [1.82, 2.24) is 14.6 Å². The first-order valence-corrected chi connectivity index (χ1v) is 5.17. The fourth-order valence-electron chi connectivity index (χ4n) is 1.22. The number of aliphatic hydroxyl groups excluding tert-OH is 1. The molecule has 0 aliphatic carbocycles. The van der Waals surface area contributed by atoms with Gasteiger partial charge in [0.25, 0.3) is 0 Å². The van der Waals surface area contributed by atoms with E-state index in [4.69, 9.17) is 17.3 Å². The van der Waals surface area contributed by atoms with Crippen LogP contribution >= 0.6 is 11.6 Å². The maximum absolute atomic E-state index is 10.6. The summed E-state index contributed by atoms with van der Waals surface area (Å²) in [6.45, 7) is -0.0417. The van der Waals surface area contributed by atoms with Gasteiger partial charge in [-0.2, -0.15) is 4.98 Å². The number of aromatic nitrogens is 3. The van der Waals surface area contributed by atoms with Crippen molar-refractivity contribution in [2.45, 2.75) is 6.10 Å². The summed E-state index contributed by atoms with van der Waals surface area (Å²) in [6, 6.07) is 3.39. The zero-order valence-corrected chi connectivity index (χ0v) is 9.42. The number of nitrogens with zero attached hydrogens (tertiary/aromatic N) is 3. The Labute approximate surface area is 101 Å². The average Bonchev–Trinajstić information content (AvgIpc) is 2.67. The normalized spacial score (nSPS) is 12.6. The Kier molecular flexibility index (Phi) is 3.12. The molecule has 17 heavy (non-hydrogen) atoms. The lowest BCUT2D eigenvalue weighted by Gasteiger charge is -2.05. The number of carbonyl (C=O) groups excluding carboxylic acids is 1. The van der Waals surface area contributed by atoms with Crippen molar-refractivity contribution < 1.29 is 9.90 Å². The second-order valence-corrected chi connectivity index (χ2v) is 3.82. The van der Waals surface area contributed by atoms with Gasteiger partial charge >= 0.3 is 0 Å². The van der Waals surface area contributed by atoms with Crippen LogP contribution in [0.2, 0.25) is 5.02 Å². The van der Waals surface area contributed by atoms with E-state index in [2.05, 4.69) is 15.4 Å². The van der Waals surface area contributed by atoms with Crippen LogP contribution in [0.4, 0.5) is 5.95 Å². The van der Waals surface area contributed by atoms with Gasteiger partial charge in [-0.3, -0.25) is 4.79 Å². The Balaban J connectivity index is 2.12. The van der Waals surface area contributed by atoms with Gasteiger partial charge < -0.3 is 16.2 Å². The van der Waals surface area contributed by atoms with Gasteiger partial charge in [0.1, 0.15) is 6.10 Å². The molecule has 2 aromatic rings. The van der Waals surface area contributed by atoms with E-state index in [0.717, 1.165) is 0 Å². The second-order valence-electron chi connectivity index (χ2n) is 3.38. The number of primary amides is 1. The molecule has 0 aliphatic rings. The fraction of sp³-hybridized carbons (Fsp3) is 0.222. The lowest BCUT2D eigenvalue weighted by atomic mass is 10.3. The minimum atomic E-state index is -1.27. The van der Waals surface area contributed by atoms with Crippen molar-refractivity contribution in [2.75, 3.05) is 11.9 Å². The van der Waals surface area contributed by atoms with E-state index in [1.54, 1.807) is 18.3 Å². The van der Waals surface area contributed by atoms with Crippen LogP contribution in [-0.2, 0) is 4.79 Å². The van der Waals surface area contributed by atoms with Gasteiger partial charge in [0.15, 0.2) is 5.65 Å². The van der Waals surface area contributed by atoms with Gasteiger partial charge in [-0.15, -0.1) is 5.10 Å². The number of carbonyl (C=O) groups is 1. The topological polar surface area (TPSA) is 106 Å². The summed E-state index contributed by atoms with van der Waals surface area (Å²) in [5.41, 5.74) is 5.50. The molecule has 1 amide bonds. The molecule has 0 saturated heterocycles. The van der Waals surface area contributed by atoms with Crippen LogP contribution in [0, 0.1) is 0 Å². The molecule has 0 bridgehead atoms. The Morgan fingerprint density at radius 1 is 1.65 bits per heavy atom. The van der Waals surface area contributed by atoms with Crippen LogP contribution in [0.3, 0.4) is 0 Å². The van der Waals surface area contributed by atoms with Crippen LogP contribution in [0.25, 0.3) is 5.65 Å². The van der Waals surface area contributed by atoms with Crippen molar-refractivity contribution in [3.63, 3.8) is 0 Å². The van der Waals surface area contributed by atoms with E-state index in [1.807, 2.05) is 0 Å². The number of halogens is 1. The van der Waals surface area contributed by atoms with Gasteiger partial charge in [0.05, 0.1) is 11.6 Å². The van der Waals surface area contributed by atoms with E-state index < -0.39 is 12.0 Å². The quantitative estimate of drug-likeness (QED) is 0.692. The maximum Gasteiger partial charge on any atom is 0.248 e. The molecule has 0 aromatic carbocycles. The molecular formula is C9H10ClN5O2. The first-order valence-electron chi connectivity index (χ1n) is 4.79. The highest BCUT2D eigenvalue weighted by Gasteiger charge is 2.11. The van der Waals surface area contributed by atoms with E-state index in [9.17, 15) is 9.90 Å². The Morgan fingerprint density at radius 2 is 2.41 bits per heavy atom. The number of anilines is 1. The molecule has 90 valence electrons. The first kappa shape index (κ1) is 11.6. The molecule has 1 atom stereocenters. The minimum Gasteiger partial charge on any atom is -0.381 e. The number of amides is 1. The summed E-state index contributed by atoms with van der Waals surface area (Å²) in [7, 11) is 0. The molecular weight excluding hydrogens is 246 g/mol. The predicted octanol–water partition coefficient (Wildman–Crippen LogP) is -0.359. The molecule has 2 heterocycles. The molecule has 0 saturated carbocycles. The van der Waals surface area contributed by atoms with Gasteiger partial charge in [-0.25, -0.2) is 4.52 Å². The average molecular weight is 256 g/mol. The Bertz CT molecular complexity index is 555. The van der Waals surface area contributed by atoms with E-state index in [-0.39, 0.29) is 12.5 Å².